The summed E-state index contributed by atoms with van der Waals surface area (Å²) in [5.74, 6) is -0.377. The maximum atomic E-state index is 11.6. The van der Waals surface area contributed by atoms with Crippen LogP contribution in [0.4, 0.5) is 4.79 Å². The lowest BCUT2D eigenvalue weighted by molar-refractivity contribution is -0.152. The van der Waals surface area contributed by atoms with Gasteiger partial charge in [-0.3, -0.25) is 10.1 Å². The SMILES string of the molecule is CCC1(CC)C(=O)NC(=O)N(C)C1O. The lowest BCUT2D eigenvalue weighted by Gasteiger charge is -2.43. The quantitative estimate of drug-likeness (QED) is 0.673. The van der Waals surface area contributed by atoms with E-state index >= 15 is 0 Å². The average molecular weight is 200 g/mol. The van der Waals surface area contributed by atoms with Gasteiger partial charge in [-0.15, -0.1) is 0 Å². The molecule has 5 heteroatoms. The number of urea groups is 1. The zero-order valence-electron chi connectivity index (χ0n) is 8.70. The molecular weight excluding hydrogens is 184 g/mol. The Morgan fingerprint density at radius 1 is 1.43 bits per heavy atom. The van der Waals surface area contributed by atoms with E-state index in [-0.39, 0.29) is 5.91 Å². The maximum Gasteiger partial charge on any atom is 0.325 e. The molecule has 80 valence electrons. The summed E-state index contributed by atoms with van der Waals surface area (Å²) >= 11 is 0. The summed E-state index contributed by atoms with van der Waals surface area (Å²) in [6, 6.07) is -0.542. The summed E-state index contributed by atoms with van der Waals surface area (Å²) in [5.41, 5.74) is -0.858. The zero-order chi connectivity index (χ0) is 10.9. The van der Waals surface area contributed by atoms with Gasteiger partial charge in [0, 0.05) is 7.05 Å². The molecule has 0 saturated carbocycles. The van der Waals surface area contributed by atoms with Crippen molar-refractivity contribution in [3.8, 4) is 0 Å². The fraction of sp³-hybridized carbons (Fsp3) is 0.778. The lowest BCUT2D eigenvalue weighted by atomic mass is 9.78. The van der Waals surface area contributed by atoms with E-state index < -0.39 is 17.7 Å². The highest BCUT2D eigenvalue weighted by Gasteiger charge is 2.49. The van der Waals surface area contributed by atoms with Crippen LogP contribution in [0.25, 0.3) is 0 Å². The van der Waals surface area contributed by atoms with Crippen molar-refractivity contribution in [2.75, 3.05) is 7.05 Å². The molecule has 1 rings (SSSR count). The second-order valence-electron chi connectivity index (χ2n) is 3.61. The highest BCUT2D eigenvalue weighted by atomic mass is 16.3. The molecule has 14 heavy (non-hydrogen) atoms. The van der Waals surface area contributed by atoms with Crippen molar-refractivity contribution in [3.05, 3.63) is 0 Å². The number of carbonyl (C=O) groups excluding carboxylic acids is 2. The van der Waals surface area contributed by atoms with Crippen LogP contribution < -0.4 is 5.32 Å². The van der Waals surface area contributed by atoms with Crippen LogP contribution in [0.3, 0.4) is 0 Å². The molecule has 0 bridgehead atoms. The molecule has 0 spiro atoms. The normalized spacial score (nSPS) is 26.3. The van der Waals surface area contributed by atoms with Crippen LogP contribution in [0.15, 0.2) is 0 Å². The molecule has 0 aliphatic carbocycles. The molecule has 1 aliphatic rings. The second kappa shape index (κ2) is 3.57. The van der Waals surface area contributed by atoms with E-state index in [1.807, 2.05) is 13.8 Å². The average Bonchev–Trinajstić information content (AvgIpc) is 2.17. The Bertz CT molecular complexity index is 261. The molecule has 1 aliphatic heterocycles. The van der Waals surface area contributed by atoms with Gasteiger partial charge in [-0.05, 0) is 12.8 Å². The van der Waals surface area contributed by atoms with E-state index in [9.17, 15) is 14.7 Å². The molecule has 0 aromatic carbocycles. The summed E-state index contributed by atoms with van der Waals surface area (Å²) in [6.45, 7) is 3.66. The molecule has 1 saturated heterocycles. The molecule has 0 aromatic rings. The van der Waals surface area contributed by atoms with Crippen LogP contribution >= 0.6 is 0 Å². The van der Waals surface area contributed by atoms with Crippen molar-refractivity contribution in [1.29, 1.82) is 0 Å². The van der Waals surface area contributed by atoms with Crippen LogP contribution in [0.5, 0.6) is 0 Å². The van der Waals surface area contributed by atoms with Crippen molar-refractivity contribution in [2.24, 2.45) is 5.41 Å². The number of hydrogen-bond donors (Lipinski definition) is 2. The smallest absolute Gasteiger partial charge is 0.325 e. The first-order valence-corrected chi connectivity index (χ1v) is 4.76. The van der Waals surface area contributed by atoms with Gasteiger partial charge in [0.1, 0.15) is 6.23 Å². The number of imide groups is 1. The number of aliphatic hydroxyl groups is 1. The highest BCUT2D eigenvalue weighted by molar-refractivity contribution is 6.00. The van der Waals surface area contributed by atoms with Gasteiger partial charge in [-0.25, -0.2) is 4.79 Å². The van der Waals surface area contributed by atoms with Crippen molar-refractivity contribution >= 4 is 11.9 Å². The summed E-state index contributed by atoms with van der Waals surface area (Å²) in [4.78, 5) is 24.0. The van der Waals surface area contributed by atoms with Crippen molar-refractivity contribution in [3.63, 3.8) is 0 Å². The first kappa shape index (κ1) is 11.0. The molecule has 1 atom stereocenters. The maximum absolute atomic E-state index is 11.6. The molecule has 2 N–H and O–H groups in total. The Kier molecular flexibility index (Phi) is 2.80. The fourth-order valence-corrected chi connectivity index (χ4v) is 1.85. The van der Waals surface area contributed by atoms with E-state index in [1.165, 1.54) is 7.05 Å². The van der Waals surface area contributed by atoms with Gasteiger partial charge in [0.05, 0.1) is 5.41 Å². The Balaban J connectivity index is 3.05. The first-order valence-electron chi connectivity index (χ1n) is 4.76. The molecule has 5 nitrogen and oxygen atoms in total. The van der Waals surface area contributed by atoms with Crippen molar-refractivity contribution in [2.45, 2.75) is 32.9 Å². The lowest BCUT2D eigenvalue weighted by Crippen LogP contribution is -2.64. The summed E-state index contributed by atoms with van der Waals surface area (Å²) in [6.07, 6.45) is -0.0128. The van der Waals surface area contributed by atoms with E-state index in [4.69, 9.17) is 0 Å². The van der Waals surface area contributed by atoms with Gasteiger partial charge in [0.2, 0.25) is 5.91 Å². The van der Waals surface area contributed by atoms with Gasteiger partial charge in [-0.2, -0.15) is 0 Å². The minimum Gasteiger partial charge on any atom is -0.372 e. The van der Waals surface area contributed by atoms with Crippen LogP contribution in [0.1, 0.15) is 26.7 Å². The Hall–Kier alpha value is -1.10. The van der Waals surface area contributed by atoms with Gasteiger partial charge in [0.15, 0.2) is 0 Å². The van der Waals surface area contributed by atoms with Gasteiger partial charge in [-0.1, -0.05) is 13.8 Å². The minimum absolute atomic E-state index is 0.377. The monoisotopic (exact) mass is 200 g/mol. The molecule has 1 heterocycles. The van der Waals surface area contributed by atoms with Crippen LogP contribution in [-0.2, 0) is 4.79 Å². The van der Waals surface area contributed by atoms with Gasteiger partial charge >= 0.3 is 6.03 Å². The topological polar surface area (TPSA) is 69.6 Å². The molecule has 3 amide bonds. The van der Waals surface area contributed by atoms with Crippen LogP contribution in [0.2, 0.25) is 0 Å². The summed E-state index contributed by atoms with van der Waals surface area (Å²) in [5, 5.41) is 12.1. The molecule has 1 unspecified atom stereocenters. The van der Waals surface area contributed by atoms with E-state index in [0.717, 1.165) is 4.90 Å². The van der Waals surface area contributed by atoms with Crippen LogP contribution in [-0.4, -0.2) is 35.2 Å². The number of hydrogen-bond acceptors (Lipinski definition) is 3. The Labute approximate surface area is 83.1 Å². The second-order valence-corrected chi connectivity index (χ2v) is 3.61. The predicted molar refractivity (Wildman–Crippen MR) is 50.3 cm³/mol. The fourth-order valence-electron chi connectivity index (χ4n) is 1.85. The number of aliphatic hydroxyl groups excluding tert-OH is 1. The minimum atomic E-state index is -1.03. The van der Waals surface area contributed by atoms with Gasteiger partial charge in [0.25, 0.3) is 0 Å². The number of carbonyl (C=O) groups is 2. The zero-order valence-corrected chi connectivity index (χ0v) is 8.70. The molecular formula is C9H16N2O3. The molecule has 0 aromatic heterocycles. The number of rotatable bonds is 2. The Morgan fingerprint density at radius 3 is 2.36 bits per heavy atom. The summed E-state index contributed by atoms with van der Waals surface area (Å²) in [7, 11) is 1.48. The van der Waals surface area contributed by atoms with E-state index in [2.05, 4.69) is 5.32 Å². The van der Waals surface area contributed by atoms with Crippen molar-refractivity contribution in [1.82, 2.24) is 10.2 Å². The number of nitrogens with one attached hydrogen (secondary N) is 1. The molecule has 1 fully saturated rings. The summed E-state index contributed by atoms with van der Waals surface area (Å²) < 4.78 is 0. The highest BCUT2D eigenvalue weighted by Crippen LogP contribution is 2.34. The number of nitrogens with zero attached hydrogens (tertiary/aromatic N) is 1. The van der Waals surface area contributed by atoms with Crippen LogP contribution in [0, 0.1) is 5.41 Å². The van der Waals surface area contributed by atoms with Crippen molar-refractivity contribution < 1.29 is 14.7 Å². The third kappa shape index (κ3) is 1.28. The largest absolute Gasteiger partial charge is 0.372 e. The third-order valence-electron chi connectivity index (χ3n) is 3.12. The Morgan fingerprint density at radius 2 is 1.93 bits per heavy atom. The molecule has 0 radical (unpaired) electrons. The predicted octanol–water partition coefficient (Wildman–Crippen LogP) is 0.293. The van der Waals surface area contributed by atoms with Gasteiger partial charge < -0.3 is 10.0 Å². The van der Waals surface area contributed by atoms with E-state index in [1.54, 1.807) is 0 Å². The standard InChI is InChI=1S/C9H16N2O3/c1-4-9(5-2)6(12)10-8(14)11(3)7(9)13/h7,13H,4-5H2,1-3H3,(H,10,12,14). The first-order chi connectivity index (χ1) is 6.49. The number of amides is 3. The van der Waals surface area contributed by atoms with E-state index in [0.29, 0.717) is 12.8 Å². The third-order valence-corrected chi connectivity index (χ3v) is 3.12.